The van der Waals surface area contributed by atoms with Gasteiger partial charge in [-0.3, -0.25) is 0 Å². The fourth-order valence-electron chi connectivity index (χ4n) is 2.19. The molecule has 1 unspecified atom stereocenters. The third-order valence-corrected chi connectivity index (χ3v) is 4.05. The molecule has 0 aliphatic carbocycles. The molecule has 1 atom stereocenters. The predicted octanol–water partition coefficient (Wildman–Crippen LogP) is 2.68. The highest BCUT2D eigenvalue weighted by Crippen LogP contribution is 2.21. The molecular weight excluding hydrogens is 284 g/mol. The van der Waals surface area contributed by atoms with E-state index in [1.54, 1.807) is 11.3 Å². The van der Waals surface area contributed by atoms with Gasteiger partial charge in [-0.25, -0.2) is 0 Å². The molecule has 6 heteroatoms. The van der Waals surface area contributed by atoms with Crippen molar-refractivity contribution in [2.75, 3.05) is 11.9 Å². The molecule has 0 fully saturated rings. The summed E-state index contributed by atoms with van der Waals surface area (Å²) < 4.78 is 0. The molecule has 5 nitrogen and oxygen atoms in total. The number of nitrogens with one attached hydrogen (secondary N) is 1. The molecule has 0 aliphatic heterocycles. The number of aromatic nitrogens is 2. The van der Waals surface area contributed by atoms with Gasteiger partial charge in [-0.1, -0.05) is 13.8 Å². The summed E-state index contributed by atoms with van der Waals surface area (Å²) in [5.74, 6) is 0.445. The quantitative estimate of drug-likeness (QED) is 0.857. The van der Waals surface area contributed by atoms with Crippen LogP contribution >= 0.6 is 11.3 Å². The predicted molar refractivity (Wildman–Crippen MR) is 83.3 cm³/mol. The van der Waals surface area contributed by atoms with Crippen molar-refractivity contribution in [1.29, 1.82) is 5.26 Å². The van der Waals surface area contributed by atoms with Gasteiger partial charge in [-0.05, 0) is 40.8 Å². The van der Waals surface area contributed by atoms with Gasteiger partial charge in [0.25, 0.3) is 0 Å². The van der Waals surface area contributed by atoms with E-state index in [1.807, 2.05) is 30.7 Å². The second-order valence-electron chi connectivity index (χ2n) is 4.62. The first-order valence-corrected chi connectivity index (χ1v) is 7.88. The number of nitriles is 1. The maximum Gasteiger partial charge on any atom is 0.167 e. The number of aryl methyl sites for hydroxylation is 1. The van der Waals surface area contributed by atoms with Gasteiger partial charge >= 0.3 is 0 Å². The maximum absolute atomic E-state index is 10.1. The van der Waals surface area contributed by atoms with Gasteiger partial charge in [-0.2, -0.15) is 21.7 Å². The Morgan fingerprint density at radius 1 is 1.38 bits per heavy atom. The van der Waals surface area contributed by atoms with Crippen molar-refractivity contribution in [3.63, 3.8) is 0 Å². The van der Waals surface area contributed by atoms with E-state index in [1.165, 1.54) is 0 Å². The van der Waals surface area contributed by atoms with E-state index in [0.717, 1.165) is 29.7 Å². The highest BCUT2D eigenvalue weighted by Gasteiger charge is 2.15. The number of nitrogens with zero attached hydrogens (tertiary/aromatic N) is 3. The monoisotopic (exact) mass is 302 g/mol. The molecule has 2 heterocycles. The lowest BCUT2D eigenvalue weighted by Crippen LogP contribution is -2.15. The molecule has 0 saturated heterocycles. The van der Waals surface area contributed by atoms with Crippen LogP contribution in [0, 0.1) is 11.3 Å². The molecule has 0 spiro atoms. The first-order chi connectivity index (χ1) is 10.2. The number of rotatable bonds is 6. The Morgan fingerprint density at radius 2 is 2.19 bits per heavy atom. The molecule has 0 aliphatic rings. The van der Waals surface area contributed by atoms with E-state index in [4.69, 9.17) is 0 Å². The first-order valence-electron chi connectivity index (χ1n) is 6.93. The summed E-state index contributed by atoms with van der Waals surface area (Å²) >= 11 is 1.54. The highest BCUT2D eigenvalue weighted by molar-refractivity contribution is 7.07. The van der Waals surface area contributed by atoms with Crippen LogP contribution < -0.4 is 5.32 Å². The highest BCUT2D eigenvalue weighted by atomic mass is 32.1. The molecule has 2 rings (SSSR count). The van der Waals surface area contributed by atoms with Crippen molar-refractivity contribution in [1.82, 2.24) is 10.2 Å². The number of anilines is 1. The van der Waals surface area contributed by atoms with Crippen LogP contribution in [0.25, 0.3) is 0 Å². The fraction of sp³-hybridized carbons (Fsp3) is 0.400. The topological polar surface area (TPSA) is 81.8 Å². The molecule has 2 aromatic rings. The van der Waals surface area contributed by atoms with E-state index >= 15 is 0 Å². The second kappa shape index (κ2) is 7.16. The first kappa shape index (κ1) is 15.4. The summed E-state index contributed by atoms with van der Waals surface area (Å²) in [6.45, 7) is 4.30. The Hall–Kier alpha value is -1.97. The Bertz CT molecular complexity index is 634. The number of hydrogen-bond acceptors (Lipinski definition) is 6. The van der Waals surface area contributed by atoms with Gasteiger partial charge in [0.15, 0.2) is 5.82 Å². The van der Waals surface area contributed by atoms with Gasteiger partial charge in [0.05, 0.1) is 11.8 Å². The average molecular weight is 302 g/mol. The van der Waals surface area contributed by atoms with Gasteiger partial charge in [0.2, 0.25) is 0 Å². The Morgan fingerprint density at radius 3 is 2.76 bits per heavy atom. The Labute approximate surface area is 128 Å². The lowest BCUT2D eigenvalue weighted by molar-refractivity contribution is 0.192. The summed E-state index contributed by atoms with van der Waals surface area (Å²) in [6.07, 6.45) is 0.868. The smallest absolute Gasteiger partial charge is 0.167 e. The number of thiophene rings is 1. The lowest BCUT2D eigenvalue weighted by atomic mass is 10.0. The van der Waals surface area contributed by atoms with Gasteiger partial charge < -0.3 is 10.4 Å². The average Bonchev–Trinajstić information content (AvgIpc) is 3.05. The van der Waals surface area contributed by atoms with Crippen LogP contribution in [0.1, 0.15) is 42.3 Å². The van der Waals surface area contributed by atoms with E-state index in [2.05, 4.69) is 21.6 Å². The van der Waals surface area contributed by atoms with E-state index in [-0.39, 0.29) is 0 Å². The van der Waals surface area contributed by atoms with Crippen LogP contribution in [0.4, 0.5) is 5.82 Å². The Kier molecular flexibility index (Phi) is 5.26. The minimum absolute atomic E-state index is 0.300. The van der Waals surface area contributed by atoms with Crippen molar-refractivity contribution in [3.8, 4) is 6.07 Å². The minimum atomic E-state index is -0.625. The van der Waals surface area contributed by atoms with Crippen LogP contribution in [-0.2, 0) is 12.8 Å². The molecular formula is C15H18N4OS. The minimum Gasteiger partial charge on any atom is -0.387 e. The molecule has 0 radical (unpaired) electrons. The van der Waals surface area contributed by atoms with Crippen molar-refractivity contribution in [2.24, 2.45) is 0 Å². The van der Waals surface area contributed by atoms with Crippen molar-refractivity contribution >= 4 is 17.2 Å². The number of aliphatic hydroxyl groups is 1. The largest absolute Gasteiger partial charge is 0.387 e. The molecule has 110 valence electrons. The SMILES string of the molecule is CCc1nnc(NCC(O)c2ccsc2)c(C#N)c1CC. The third kappa shape index (κ3) is 3.38. The molecule has 0 aromatic carbocycles. The van der Waals surface area contributed by atoms with Crippen LogP contribution in [-0.4, -0.2) is 21.8 Å². The summed E-state index contributed by atoms with van der Waals surface area (Å²) in [5.41, 5.74) is 3.18. The third-order valence-electron chi connectivity index (χ3n) is 3.35. The molecule has 2 aromatic heterocycles. The van der Waals surface area contributed by atoms with Gasteiger partial charge in [-0.15, -0.1) is 5.10 Å². The molecule has 0 bridgehead atoms. The second-order valence-corrected chi connectivity index (χ2v) is 5.40. The summed E-state index contributed by atoms with van der Waals surface area (Å²) in [6, 6.07) is 4.08. The van der Waals surface area contributed by atoms with Crippen LogP contribution in [0.3, 0.4) is 0 Å². The van der Waals surface area contributed by atoms with Gasteiger partial charge in [0.1, 0.15) is 11.6 Å². The Balaban J connectivity index is 2.19. The standard InChI is InChI=1S/C15H18N4OS/c1-3-11-12(7-16)15(19-18-13(11)4-2)17-8-14(20)10-5-6-21-9-10/h5-6,9,14,20H,3-4,8H2,1-2H3,(H,17,19). The summed E-state index contributed by atoms with van der Waals surface area (Å²) in [5, 5.41) is 34.6. The van der Waals surface area contributed by atoms with Crippen LogP contribution in [0.5, 0.6) is 0 Å². The zero-order chi connectivity index (χ0) is 15.2. The van der Waals surface area contributed by atoms with Crippen molar-refractivity contribution < 1.29 is 5.11 Å². The normalized spacial score (nSPS) is 11.9. The van der Waals surface area contributed by atoms with E-state index < -0.39 is 6.10 Å². The van der Waals surface area contributed by atoms with Crippen LogP contribution in [0.2, 0.25) is 0 Å². The summed E-state index contributed by atoms with van der Waals surface area (Å²) in [4.78, 5) is 0. The van der Waals surface area contributed by atoms with E-state index in [0.29, 0.717) is 17.9 Å². The van der Waals surface area contributed by atoms with Crippen molar-refractivity contribution in [3.05, 3.63) is 39.2 Å². The zero-order valence-corrected chi connectivity index (χ0v) is 12.9. The maximum atomic E-state index is 10.1. The molecule has 0 amide bonds. The molecule has 21 heavy (non-hydrogen) atoms. The zero-order valence-electron chi connectivity index (χ0n) is 12.1. The number of aliphatic hydroxyl groups excluding tert-OH is 1. The fourth-order valence-corrected chi connectivity index (χ4v) is 2.90. The lowest BCUT2D eigenvalue weighted by Gasteiger charge is -2.14. The summed E-state index contributed by atoms with van der Waals surface area (Å²) in [7, 11) is 0. The molecule has 2 N–H and O–H groups in total. The molecule has 0 saturated carbocycles. The van der Waals surface area contributed by atoms with Crippen LogP contribution in [0.15, 0.2) is 16.8 Å². The van der Waals surface area contributed by atoms with Crippen molar-refractivity contribution in [2.45, 2.75) is 32.8 Å². The number of hydrogen-bond donors (Lipinski definition) is 2. The van der Waals surface area contributed by atoms with Gasteiger partial charge in [0, 0.05) is 6.54 Å². The van der Waals surface area contributed by atoms with E-state index in [9.17, 15) is 10.4 Å².